The molecule has 1 N–H and O–H groups in total. The molecule has 1 fully saturated rings. The Balaban J connectivity index is 0.00000363. The van der Waals surface area contributed by atoms with Gasteiger partial charge in [0.2, 0.25) is 0 Å². The van der Waals surface area contributed by atoms with E-state index >= 15 is 0 Å². The molecule has 9 heteroatoms. The van der Waals surface area contributed by atoms with Crippen molar-refractivity contribution in [3.8, 4) is 5.75 Å². The molecule has 0 spiro atoms. The Bertz CT molecular complexity index is 906. The zero-order chi connectivity index (χ0) is 22.8. The second kappa shape index (κ2) is 10.4. The number of amides is 1. The van der Waals surface area contributed by atoms with Crippen molar-refractivity contribution in [2.75, 3.05) is 33.5 Å². The first-order valence-electron chi connectivity index (χ1n) is 9.99. The summed E-state index contributed by atoms with van der Waals surface area (Å²) in [5.74, 6) is -0.202. The number of nitrogens with one attached hydrogen (secondary N) is 1. The van der Waals surface area contributed by atoms with Crippen LogP contribution in [0.5, 0.6) is 5.75 Å². The number of rotatable bonds is 5. The molecule has 3 rings (SSSR count). The Morgan fingerprint density at radius 2 is 1.91 bits per heavy atom. The molecule has 2 aromatic rings. The minimum Gasteiger partial charge on any atom is -0.496 e. The number of benzene rings is 2. The zero-order valence-electron chi connectivity index (χ0n) is 18.5. The van der Waals surface area contributed by atoms with Gasteiger partial charge in [-0.25, -0.2) is 0 Å². The molecule has 0 bridgehead atoms. The van der Waals surface area contributed by atoms with Gasteiger partial charge in [-0.3, -0.25) is 4.79 Å². The highest BCUT2D eigenvalue weighted by atomic mass is 35.5. The van der Waals surface area contributed by atoms with Crippen LogP contribution >= 0.6 is 24.2 Å². The van der Waals surface area contributed by atoms with Gasteiger partial charge in [-0.2, -0.15) is 13.2 Å². The summed E-state index contributed by atoms with van der Waals surface area (Å²) >= 11 is 1.09. The van der Waals surface area contributed by atoms with Crippen LogP contribution in [0.25, 0.3) is 0 Å². The Morgan fingerprint density at radius 3 is 2.44 bits per heavy atom. The summed E-state index contributed by atoms with van der Waals surface area (Å²) < 4.78 is 45.2. The number of alkyl halides is 3. The average molecular weight is 489 g/mol. The quantitative estimate of drug-likeness (QED) is 0.568. The molecule has 32 heavy (non-hydrogen) atoms. The number of hydrogen-bond acceptors (Lipinski definition) is 4. The van der Waals surface area contributed by atoms with Crippen LogP contribution in [0, 0.1) is 5.92 Å². The first-order valence-corrected chi connectivity index (χ1v) is 11.2. The molecule has 0 saturated carbocycles. The summed E-state index contributed by atoms with van der Waals surface area (Å²) in [6.07, 6.45) is -2.15. The third-order valence-corrected chi connectivity index (χ3v) is 6.36. The minimum absolute atomic E-state index is 0. The second-order valence-corrected chi connectivity index (χ2v) is 9.01. The van der Waals surface area contributed by atoms with E-state index in [1.807, 2.05) is 37.4 Å². The molecule has 1 aliphatic heterocycles. The van der Waals surface area contributed by atoms with Crippen molar-refractivity contribution in [2.45, 2.75) is 30.0 Å². The number of likely N-dealkylation sites (N-methyl/N-ethyl adjacent to an activating group) is 1. The van der Waals surface area contributed by atoms with Crippen LogP contribution in [-0.2, 0) is 11.7 Å². The van der Waals surface area contributed by atoms with Gasteiger partial charge in [0.05, 0.1) is 23.8 Å². The number of piperidine rings is 1. The van der Waals surface area contributed by atoms with Crippen LogP contribution in [0.3, 0.4) is 0 Å². The number of methoxy groups -OCH3 is 1. The highest BCUT2D eigenvalue weighted by Gasteiger charge is 2.41. The zero-order valence-corrected chi connectivity index (χ0v) is 20.1. The first-order chi connectivity index (χ1) is 14.6. The number of halogens is 4. The molecule has 176 valence electrons. The number of hydrogen-bond donors (Lipinski definition) is 1. The first kappa shape index (κ1) is 26.4. The summed E-state index contributed by atoms with van der Waals surface area (Å²) in [6.45, 7) is 3.64. The molecule has 2 aromatic carbocycles. The third-order valence-electron chi connectivity index (χ3n) is 5.60. The van der Waals surface area contributed by atoms with E-state index in [2.05, 4.69) is 17.1 Å². The molecule has 0 aliphatic carbocycles. The monoisotopic (exact) mass is 488 g/mol. The highest BCUT2D eigenvalue weighted by Crippen LogP contribution is 2.40. The Morgan fingerprint density at radius 1 is 1.25 bits per heavy atom. The molecule has 1 saturated heterocycles. The Labute approximate surface area is 197 Å². The lowest BCUT2D eigenvalue weighted by molar-refractivity contribution is -0.137. The third kappa shape index (κ3) is 5.53. The molecule has 1 unspecified atom stereocenters. The minimum atomic E-state index is -4.53. The molecular weight excluding hydrogens is 461 g/mol. The number of carbonyl (C=O) groups excluding carboxylic acids is 1. The van der Waals surface area contributed by atoms with Gasteiger partial charge in [-0.15, -0.1) is 24.2 Å². The maximum atomic E-state index is 13.5. The molecule has 0 aromatic heterocycles. The lowest BCUT2D eigenvalue weighted by Gasteiger charge is -2.45. The van der Waals surface area contributed by atoms with Crippen molar-refractivity contribution >= 4 is 30.1 Å². The number of ether oxygens (including phenoxy) is 1. The predicted octanol–water partition coefficient (Wildman–Crippen LogP) is 5.45. The fraction of sp³-hybridized carbons (Fsp3) is 0.435. The van der Waals surface area contributed by atoms with Gasteiger partial charge >= 0.3 is 6.18 Å². The maximum absolute atomic E-state index is 13.5. The smallest absolute Gasteiger partial charge is 0.416 e. The van der Waals surface area contributed by atoms with E-state index in [9.17, 15) is 18.0 Å². The van der Waals surface area contributed by atoms with E-state index in [1.54, 1.807) is 6.26 Å². The lowest BCUT2D eigenvalue weighted by Crippen LogP contribution is -2.57. The van der Waals surface area contributed by atoms with Crippen LogP contribution in [-0.4, -0.2) is 44.3 Å². The lowest BCUT2D eigenvalue weighted by atomic mass is 9.78. The highest BCUT2D eigenvalue weighted by molar-refractivity contribution is 7.98. The topological polar surface area (TPSA) is 41.6 Å². The van der Waals surface area contributed by atoms with Gasteiger partial charge in [-0.05, 0) is 43.3 Å². The fourth-order valence-corrected chi connectivity index (χ4v) is 5.13. The standard InChI is InChI=1S/C23H27F3N2O2S.ClH/c1-15-12-22(14-28(2)13-15,16-8-6-5-7-9-16)27-21(29)20-18(30-3)10-17(23(24,25)26)11-19(20)31-4;/h5-11,15H,12-14H2,1-4H3,(H,27,29);1H/t15?,22-;/m0./s1. The van der Waals surface area contributed by atoms with E-state index in [0.29, 0.717) is 12.5 Å². The van der Waals surface area contributed by atoms with E-state index < -0.39 is 23.2 Å². The maximum Gasteiger partial charge on any atom is 0.416 e. The van der Waals surface area contributed by atoms with Crippen molar-refractivity contribution in [1.82, 2.24) is 10.2 Å². The number of nitrogens with zero attached hydrogens (tertiary/aromatic N) is 1. The van der Waals surface area contributed by atoms with Crippen molar-refractivity contribution in [2.24, 2.45) is 5.92 Å². The van der Waals surface area contributed by atoms with E-state index in [1.165, 1.54) is 7.11 Å². The largest absolute Gasteiger partial charge is 0.496 e. The molecule has 1 amide bonds. The predicted molar refractivity (Wildman–Crippen MR) is 124 cm³/mol. The van der Waals surface area contributed by atoms with E-state index in [0.717, 1.165) is 42.4 Å². The molecule has 1 heterocycles. The van der Waals surface area contributed by atoms with Gasteiger partial charge in [0, 0.05) is 18.0 Å². The van der Waals surface area contributed by atoms with E-state index in [-0.39, 0.29) is 28.6 Å². The number of likely N-dealkylation sites (tertiary alicyclic amines) is 1. The van der Waals surface area contributed by atoms with Crippen molar-refractivity contribution in [1.29, 1.82) is 0 Å². The summed E-state index contributed by atoms with van der Waals surface area (Å²) in [5, 5.41) is 3.18. The normalized spacial score (nSPS) is 21.5. The fourth-order valence-electron chi connectivity index (χ4n) is 4.49. The van der Waals surface area contributed by atoms with Gasteiger partial charge in [-0.1, -0.05) is 37.3 Å². The van der Waals surface area contributed by atoms with Crippen molar-refractivity contribution in [3.63, 3.8) is 0 Å². The number of carbonyl (C=O) groups is 1. The van der Waals surface area contributed by atoms with Crippen molar-refractivity contribution < 1.29 is 22.7 Å². The van der Waals surface area contributed by atoms with Gasteiger partial charge in [0.25, 0.3) is 5.91 Å². The number of thioether (sulfide) groups is 1. The molecule has 2 atom stereocenters. The van der Waals surface area contributed by atoms with Crippen LogP contribution in [0.1, 0.15) is 34.8 Å². The average Bonchev–Trinajstić information content (AvgIpc) is 2.71. The SMILES string of the molecule is COc1cc(C(F)(F)F)cc(SC)c1C(=O)N[C@@]1(c2ccccc2)CC(C)CN(C)C1.Cl. The Kier molecular flexibility index (Phi) is 8.53. The molecule has 1 aliphatic rings. The van der Waals surface area contributed by atoms with Gasteiger partial charge < -0.3 is 15.0 Å². The van der Waals surface area contributed by atoms with Gasteiger partial charge in [0.1, 0.15) is 5.75 Å². The summed E-state index contributed by atoms with van der Waals surface area (Å²) in [5.41, 5.74) is -0.403. The summed E-state index contributed by atoms with van der Waals surface area (Å²) in [6, 6.07) is 11.6. The molecule has 0 radical (unpaired) electrons. The molecular formula is C23H28ClF3N2O2S. The summed E-state index contributed by atoms with van der Waals surface area (Å²) in [7, 11) is 3.28. The van der Waals surface area contributed by atoms with Gasteiger partial charge in [0.15, 0.2) is 0 Å². The van der Waals surface area contributed by atoms with Crippen LogP contribution < -0.4 is 10.1 Å². The summed E-state index contributed by atoms with van der Waals surface area (Å²) in [4.78, 5) is 15.9. The van der Waals surface area contributed by atoms with Crippen LogP contribution in [0.2, 0.25) is 0 Å². The Hall–Kier alpha value is -1.90. The second-order valence-electron chi connectivity index (χ2n) is 8.16. The van der Waals surface area contributed by atoms with E-state index in [4.69, 9.17) is 4.74 Å². The van der Waals surface area contributed by atoms with Crippen LogP contribution in [0.4, 0.5) is 13.2 Å². The van der Waals surface area contributed by atoms with Crippen LogP contribution in [0.15, 0.2) is 47.4 Å². The van der Waals surface area contributed by atoms with Crippen molar-refractivity contribution in [3.05, 3.63) is 59.2 Å². The molecule has 4 nitrogen and oxygen atoms in total.